The summed E-state index contributed by atoms with van der Waals surface area (Å²) in [6, 6.07) is 6.88. The number of piperidine rings is 1. The first-order valence-electron chi connectivity index (χ1n) is 7.40. The van der Waals surface area contributed by atoms with Crippen molar-refractivity contribution < 1.29 is 13.2 Å². The van der Waals surface area contributed by atoms with E-state index < -0.39 is 10.0 Å². The normalized spacial score (nSPS) is 18.7. The van der Waals surface area contributed by atoms with E-state index in [2.05, 4.69) is 10.0 Å². The Labute approximate surface area is 139 Å². The van der Waals surface area contributed by atoms with E-state index in [0.29, 0.717) is 24.0 Å². The van der Waals surface area contributed by atoms with Crippen molar-refractivity contribution in [2.24, 2.45) is 5.92 Å². The van der Waals surface area contributed by atoms with E-state index in [-0.39, 0.29) is 12.4 Å². The predicted octanol–water partition coefficient (Wildman–Crippen LogP) is 1.92. The zero-order valence-electron chi connectivity index (χ0n) is 12.9. The van der Waals surface area contributed by atoms with Crippen LogP contribution in [0.2, 0.25) is 0 Å². The van der Waals surface area contributed by atoms with Crippen molar-refractivity contribution >= 4 is 22.4 Å². The van der Waals surface area contributed by atoms with E-state index in [4.69, 9.17) is 4.74 Å². The molecule has 5 nitrogen and oxygen atoms in total. The average molecular weight is 349 g/mol. The van der Waals surface area contributed by atoms with Gasteiger partial charge in [-0.3, -0.25) is 0 Å². The van der Waals surface area contributed by atoms with Crippen molar-refractivity contribution in [3.05, 3.63) is 29.8 Å². The molecule has 22 heavy (non-hydrogen) atoms. The standard InChI is InChI=1S/C15H24N2O3S.ClH/c1-20-12-14-4-2-6-15(10-14)21(18,19)17-9-7-13-5-3-8-16-11-13;/h2,4,6,10,13,16-17H,3,5,7-9,11-12H2,1H3;1H. The average Bonchev–Trinajstić information content (AvgIpc) is 2.49. The van der Waals surface area contributed by atoms with Gasteiger partial charge >= 0.3 is 0 Å². The van der Waals surface area contributed by atoms with Crippen molar-refractivity contribution in [1.82, 2.24) is 10.0 Å². The van der Waals surface area contributed by atoms with Gasteiger partial charge in [-0.25, -0.2) is 13.1 Å². The summed E-state index contributed by atoms with van der Waals surface area (Å²) < 4.78 is 32.3. The fraction of sp³-hybridized carbons (Fsp3) is 0.600. The first-order chi connectivity index (χ1) is 10.1. The SMILES string of the molecule is COCc1cccc(S(=O)(=O)NCCC2CCCNC2)c1.Cl. The monoisotopic (exact) mass is 348 g/mol. The molecule has 2 rings (SSSR count). The maximum atomic E-state index is 12.3. The van der Waals surface area contributed by atoms with Crippen LogP contribution in [0.5, 0.6) is 0 Å². The maximum absolute atomic E-state index is 12.3. The summed E-state index contributed by atoms with van der Waals surface area (Å²) in [7, 11) is -1.83. The van der Waals surface area contributed by atoms with Gasteiger partial charge in [0.1, 0.15) is 0 Å². The number of halogens is 1. The van der Waals surface area contributed by atoms with Gasteiger partial charge in [0.15, 0.2) is 0 Å². The van der Waals surface area contributed by atoms with E-state index in [0.717, 1.165) is 25.1 Å². The molecule has 1 heterocycles. The van der Waals surface area contributed by atoms with Crippen LogP contribution in [-0.2, 0) is 21.4 Å². The summed E-state index contributed by atoms with van der Waals surface area (Å²) in [5.41, 5.74) is 0.858. The molecule has 1 aromatic rings. The fourth-order valence-electron chi connectivity index (χ4n) is 2.62. The van der Waals surface area contributed by atoms with Crippen LogP contribution in [0.1, 0.15) is 24.8 Å². The van der Waals surface area contributed by atoms with Crippen LogP contribution < -0.4 is 10.0 Å². The number of methoxy groups -OCH3 is 1. The third-order valence-corrected chi connectivity index (χ3v) is 5.22. The van der Waals surface area contributed by atoms with Crippen molar-refractivity contribution in [3.8, 4) is 0 Å². The molecular formula is C15H25ClN2O3S. The highest BCUT2D eigenvalue weighted by molar-refractivity contribution is 7.89. The Bertz CT molecular complexity index is 545. The minimum absolute atomic E-state index is 0. The second-order valence-corrected chi connectivity index (χ2v) is 7.25. The van der Waals surface area contributed by atoms with Gasteiger partial charge in [-0.1, -0.05) is 12.1 Å². The van der Waals surface area contributed by atoms with Crippen molar-refractivity contribution in [2.45, 2.75) is 30.8 Å². The highest BCUT2D eigenvalue weighted by Crippen LogP contribution is 2.15. The number of hydrogen-bond donors (Lipinski definition) is 2. The molecule has 0 amide bonds. The van der Waals surface area contributed by atoms with E-state index in [1.54, 1.807) is 25.3 Å². The molecule has 0 radical (unpaired) electrons. The molecule has 1 saturated heterocycles. The molecule has 0 spiro atoms. The van der Waals surface area contributed by atoms with Gasteiger partial charge in [0.05, 0.1) is 11.5 Å². The molecule has 7 heteroatoms. The Balaban J connectivity index is 0.00000242. The minimum Gasteiger partial charge on any atom is -0.380 e. The lowest BCUT2D eigenvalue weighted by Gasteiger charge is -2.22. The molecule has 0 aromatic heterocycles. The predicted molar refractivity (Wildman–Crippen MR) is 89.8 cm³/mol. The van der Waals surface area contributed by atoms with Crippen LogP contribution in [0.4, 0.5) is 0 Å². The number of sulfonamides is 1. The van der Waals surface area contributed by atoms with E-state index in [9.17, 15) is 8.42 Å². The first-order valence-corrected chi connectivity index (χ1v) is 8.88. The summed E-state index contributed by atoms with van der Waals surface area (Å²) in [6.07, 6.45) is 3.23. The molecule has 1 atom stereocenters. The van der Waals surface area contributed by atoms with Crippen LogP contribution >= 0.6 is 12.4 Å². The zero-order chi connectivity index (χ0) is 15.1. The molecular weight excluding hydrogens is 324 g/mol. The molecule has 1 unspecified atom stereocenters. The lowest BCUT2D eigenvalue weighted by molar-refractivity contribution is 0.184. The van der Waals surface area contributed by atoms with Crippen LogP contribution in [0, 0.1) is 5.92 Å². The van der Waals surface area contributed by atoms with Crippen LogP contribution in [-0.4, -0.2) is 35.2 Å². The van der Waals surface area contributed by atoms with Crippen molar-refractivity contribution in [1.29, 1.82) is 0 Å². The van der Waals surface area contributed by atoms with Crippen molar-refractivity contribution in [3.63, 3.8) is 0 Å². The molecule has 0 saturated carbocycles. The number of rotatable bonds is 7. The third kappa shape index (κ3) is 5.85. The van der Waals surface area contributed by atoms with Gasteiger partial charge in [-0.15, -0.1) is 12.4 Å². The lowest BCUT2D eigenvalue weighted by atomic mass is 9.96. The second-order valence-electron chi connectivity index (χ2n) is 5.48. The van der Waals surface area contributed by atoms with Crippen LogP contribution in [0.15, 0.2) is 29.2 Å². The van der Waals surface area contributed by atoms with E-state index in [1.807, 2.05) is 6.07 Å². The minimum atomic E-state index is -3.43. The Morgan fingerprint density at radius 1 is 1.41 bits per heavy atom. The van der Waals surface area contributed by atoms with Gasteiger partial charge in [0, 0.05) is 13.7 Å². The quantitative estimate of drug-likeness (QED) is 0.790. The molecule has 1 aromatic carbocycles. The number of benzene rings is 1. The summed E-state index contributed by atoms with van der Waals surface area (Å²) in [6.45, 7) is 2.97. The van der Waals surface area contributed by atoms with Gasteiger partial charge < -0.3 is 10.1 Å². The first kappa shape index (κ1) is 19.4. The summed E-state index contributed by atoms with van der Waals surface area (Å²) in [4.78, 5) is 0.304. The van der Waals surface area contributed by atoms with Gasteiger partial charge in [0.25, 0.3) is 0 Å². The Morgan fingerprint density at radius 3 is 2.91 bits per heavy atom. The molecule has 2 N–H and O–H groups in total. The molecule has 126 valence electrons. The maximum Gasteiger partial charge on any atom is 0.240 e. The summed E-state index contributed by atoms with van der Waals surface area (Å²) in [5, 5.41) is 3.34. The lowest BCUT2D eigenvalue weighted by Crippen LogP contribution is -2.33. The summed E-state index contributed by atoms with van der Waals surface area (Å²) >= 11 is 0. The Hall–Kier alpha value is -0.660. The molecule has 0 bridgehead atoms. The highest BCUT2D eigenvalue weighted by atomic mass is 35.5. The molecule has 0 aliphatic carbocycles. The fourth-order valence-corrected chi connectivity index (χ4v) is 3.74. The molecule has 1 fully saturated rings. The highest BCUT2D eigenvalue weighted by Gasteiger charge is 2.16. The third-order valence-electron chi connectivity index (χ3n) is 3.76. The van der Waals surface area contributed by atoms with Crippen molar-refractivity contribution in [2.75, 3.05) is 26.7 Å². The van der Waals surface area contributed by atoms with Gasteiger partial charge in [-0.2, -0.15) is 0 Å². The van der Waals surface area contributed by atoms with Crippen LogP contribution in [0.3, 0.4) is 0 Å². The van der Waals surface area contributed by atoms with Gasteiger partial charge in [0.2, 0.25) is 10.0 Å². The Kier molecular flexibility index (Phi) is 8.35. The zero-order valence-corrected chi connectivity index (χ0v) is 14.5. The van der Waals surface area contributed by atoms with Gasteiger partial charge in [-0.05, 0) is 56.0 Å². The number of ether oxygens (including phenoxy) is 1. The molecule has 1 aliphatic rings. The largest absolute Gasteiger partial charge is 0.380 e. The van der Waals surface area contributed by atoms with Crippen LogP contribution in [0.25, 0.3) is 0 Å². The van der Waals surface area contributed by atoms with E-state index >= 15 is 0 Å². The topological polar surface area (TPSA) is 67.4 Å². The number of hydrogen-bond acceptors (Lipinski definition) is 4. The van der Waals surface area contributed by atoms with E-state index in [1.165, 1.54) is 12.8 Å². The number of nitrogens with one attached hydrogen (secondary N) is 2. The summed E-state index contributed by atoms with van der Waals surface area (Å²) in [5.74, 6) is 0.571. The smallest absolute Gasteiger partial charge is 0.240 e. The Morgan fingerprint density at radius 2 is 2.23 bits per heavy atom. The molecule has 1 aliphatic heterocycles. The second kappa shape index (κ2) is 9.47.